The third kappa shape index (κ3) is 2.94. The number of amidine groups is 1. The summed E-state index contributed by atoms with van der Waals surface area (Å²) in [5.41, 5.74) is 5.55. The van der Waals surface area contributed by atoms with Gasteiger partial charge in [-0.2, -0.15) is 0 Å². The number of benzene rings is 1. The summed E-state index contributed by atoms with van der Waals surface area (Å²) < 4.78 is 5.36. The second-order valence-electron chi connectivity index (χ2n) is 6.65. The Kier molecular flexibility index (Phi) is 4.52. The summed E-state index contributed by atoms with van der Waals surface area (Å²) in [5.74, 6) is -0.337. The number of esters is 1. The van der Waals surface area contributed by atoms with Crippen LogP contribution in [0.2, 0.25) is 0 Å². The Morgan fingerprint density at radius 3 is 2.70 bits per heavy atom. The van der Waals surface area contributed by atoms with E-state index in [2.05, 4.69) is 35.9 Å². The predicted octanol–water partition coefficient (Wildman–Crippen LogP) is 4.56. The smallest absolute Gasteiger partial charge is 0.338 e. The molecule has 0 amide bonds. The minimum atomic E-state index is -0.353. The van der Waals surface area contributed by atoms with Gasteiger partial charge in [-0.1, -0.05) is 6.07 Å². The monoisotopic (exact) mass is 379 g/mol. The Balaban J connectivity index is 1.92. The molecular formula is C21H21N3O2S. The standard InChI is InChI=1S/C21H21N3O2S/c1-5-26-20(25)18-14(4)23-21-24(19(18)15-8-6-7-9-22-15)16-10-12(2)13(3)11-17(16)27-21/h6-11,19H,5H2,1-4H3/t19-/m0/s1. The lowest BCUT2D eigenvalue weighted by atomic mass is 9.97. The normalized spacial score (nSPS) is 18.1. The summed E-state index contributed by atoms with van der Waals surface area (Å²) in [7, 11) is 0. The molecule has 2 aromatic rings. The van der Waals surface area contributed by atoms with Crippen molar-refractivity contribution in [2.75, 3.05) is 11.5 Å². The molecule has 0 radical (unpaired) electrons. The number of carbonyl (C=O) groups is 1. The fraction of sp³-hybridized carbons (Fsp3) is 0.286. The second kappa shape index (κ2) is 6.85. The number of fused-ring (bicyclic) bond motifs is 3. The number of anilines is 1. The Hall–Kier alpha value is -2.60. The van der Waals surface area contributed by atoms with Crippen LogP contribution in [0.3, 0.4) is 0 Å². The third-order valence-electron chi connectivity index (χ3n) is 4.89. The van der Waals surface area contributed by atoms with E-state index in [0.29, 0.717) is 17.9 Å². The molecule has 0 fully saturated rings. The summed E-state index contributed by atoms with van der Waals surface area (Å²) in [5, 5.41) is 0.871. The highest BCUT2D eigenvalue weighted by atomic mass is 32.2. The summed E-state index contributed by atoms with van der Waals surface area (Å²) in [4.78, 5) is 25.4. The molecule has 0 saturated heterocycles. The molecule has 138 valence electrons. The molecule has 0 unspecified atom stereocenters. The van der Waals surface area contributed by atoms with Gasteiger partial charge in [-0.15, -0.1) is 0 Å². The van der Waals surface area contributed by atoms with Crippen molar-refractivity contribution < 1.29 is 9.53 Å². The maximum absolute atomic E-state index is 12.8. The zero-order chi connectivity index (χ0) is 19.1. The second-order valence-corrected chi connectivity index (χ2v) is 7.66. The molecule has 2 aliphatic heterocycles. The number of hydrogen-bond acceptors (Lipinski definition) is 6. The first-order valence-electron chi connectivity index (χ1n) is 8.97. The van der Waals surface area contributed by atoms with E-state index in [1.54, 1.807) is 18.0 Å². The van der Waals surface area contributed by atoms with Gasteiger partial charge in [0.25, 0.3) is 0 Å². The number of rotatable bonds is 3. The van der Waals surface area contributed by atoms with Gasteiger partial charge in [-0.3, -0.25) is 4.98 Å². The number of aromatic nitrogens is 1. The molecule has 1 atom stereocenters. The van der Waals surface area contributed by atoms with Gasteiger partial charge in [0.15, 0.2) is 5.17 Å². The highest BCUT2D eigenvalue weighted by Gasteiger charge is 2.42. The number of carbonyl (C=O) groups excluding carboxylic acids is 1. The Morgan fingerprint density at radius 1 is 1.22 bits per heavy atom. The van der Waals surface area contributed by atoms with Gasteiger partial charge in [0, 0.05) is 11.1 Å². The molecule has 27 heavy (non-hydrogen) atoms. The first kappa shape index (κ1) is 17.8. The number of aliphatic imine (C=N–C) groups is 1. The molecule has 1 aromatic carbocycles. The van der Waals surface area contributed by atoms with Crippen LogP contribution >= 0.6 is 11.8 Å². The van der Waals surface area contributed by atoms with Crippen molar-refractivity contribution in [2.45, 2.75) is 38.6 Å². The van der Waals surface area contributed by atoms with Crippen LogP contribution in [-0.2, 0) is 9.53 Å². The first-order valence-corrected chi connectivity index (χ1v) is 9.78. The fourth-order valence-electron chi connectivity index (χ4n) is 3.44. The minimum absolute atomic E-state index is 0.324. The summed E-state index contributed by atoms with van der Waals surface area (Å²) in [6, 6.07) is 9.76. The highest BCUT2D eigenvalue weighted by molar-refractivity contribution is 8.14. The predicted molar refractivity (Wildman–Crippen MR) is 108 cm³/mol. The van der Waals surface area contributed by atoms with E-state index >= 15 is 0 Å². The third-order valence-corrected chi connectivity index (χ3v) is 5.91. The quantitative estimate of drug-likeness (QED) is 0.732. The number of thioether (sulfide) groups is 1. The molecule has 1 aromatic heterocycles. The summed E-state index contributed by atoms with van der Waals surface area (Å²) in [6.45, 7) is 8.22. The van der Waals surface area contributed by atoms with Crippen LogP contribution in [0.25, 0.3) is 0 Å². The van der Waals surface area contributed by atoms with Gasteiger partial charge < -0.3 is 9.64 Å². The van der Waals surface area contributed by atoms with E-state index in [1.165, 1.54) is 11.1 Å². The largest absolute Gasteiger partial charge is 0.463 e. The molecule has 0 saturated carbocycles. The van der Waals surface area contributed by atoms with Crippen LogP contribution in [0.15, 0.2) is 57.7 Å². The molecule has 0 bridgehead atoms. The van der Waals surface area contributed by atoms with E-state index < -0.39 is 0 Å². The first-order chi connectivity index (χ1) is 13.0. The molecule has 5 nitrogen and oxygen atoms in total. The molecule has 0 aliphatic carbocycles. The number of pyridine rings is 1. The van der Waals surface area contributed by atoms with E-state index in [0.717, 1.165) is 21.4 Å². The molecule has 0 N–H and O–H groups in total. The van der Waals surface area contributed by atoms with E-state index in [1.807, 2.05) is 32.0 Å². The molecule has 2 aliphatic rings. The van der Waals surface area contributed by atoms with Crippen LogP contribution in [0.4, 0.5) is 5.69 Å². The fourth-order valence-corrected chi connectivity index (χ4v) is 4.62. The lowest BCUT2D eigenvalue weighted by Crippen LogP contribution is -2.38. The zero-order valence-electron chi connectivity index (χ0n) is 15.8. The minimum Gasteiger partial charge on any atom is -0.463 e. The summed E-state index contributed by atoms with van der Waals surface area (Å²) >= 11 is 1.63. The van der Waals surface area contributed by atoms with Gasteiger partial charge in [-0.25, -0.2) is 9.79 Å². The van der Waals surface area contributed by atoms with E-state index in [9.17, 15) is 4.79 Å². The maximum atomic E-state index is 12.8. The van der Waals surface area contributed by atoms with E-state index in [-0.39, 0.29) is 12.0 Å². The molecular weight excluding hydrogens is 358 g/mol. The van der Waals surface area contributed by atoms with Gasteiger partial charge in [0.2, 0.25) is 0 Å². The van der Waals surface area contributed by atoms with Gasteiger partial charge in [-0.05, 0) is 74.8 Å². The van der Waals surface area contributed by atoms with Crippen LogP contribution in [0, 0.1) is 13.8 Å². The average molecular weight is 379 g/mol. The van der Waals surface area contributed by atoms with Crippen molar-refractivity contribution in [1.82, 2.24) is 4.98 Å². The van der Waals surface area contributed by atoms with Gasteiger partial charge in [0.1, 0.15) is 6.04 Å². The number of nitrogens with zero attached hydrogens (tertiary/aromatic N) is 3. The van der Waals surface area contributed by atoms with E-state index in [4.69, 9.17) is 9.73 Å². The van der Waals surface area contributed by atoms with Crippen LogP contribution in [-0.4, -0.2) is 22.7 Å². The number of allylic oxidation sites excluding steroid dienone is 1. The lowest BCUT2D eigenvalue weighted by Gasteiger charge is -2.34. The van der Waals surface area contributed by atoms with Crippen molar-refractivity contribution in [3.63, 3.8) is 0 Å². The maximum Gasteiger partial charge on any atom is 0.338 e. The van der Waals surface area contributed by atoms with Gasteiger partial charge >= 0.3 is 5.97 Å². The zero-order valence-corrected chi connectivity index (χ0v) is 16.6. The van der Waals surface area contributed by atoms with Crippen LogP contribution < -0.4 is 4.90 Å². The number of hydrogen-bond donors (Lipinski definition) is 0. The summed E-state index contributed by atoms with van der Waals surface area (Å²) in [6.07, 6.45) is 1.75. The van der Waals surface area contributed by atoms with Crippen molar-refractivity contribution in [3.8, 4) is 0 Å². The molecule has 4 rings (SSSR count). The van der Waals surface area contributed by atoms with Crippen molar-refractivity contribution >= 4 is 28.6 Å². The average Bonchev–Trinajstić information content (AvgIpc) is 2.98. The number of ether oxygens (including phenoxy) is 1. The Labute approximate surface area is 163 Å². The van der Waals surface area contributed by atoms with Gasteiger partial charge in [0.05, 0.1) is 29.3 Å². The van der Waals surface area contributed by atoms with Crippen LogP contribution in [0.5, 0.6) is 0 Å². The molecule has 3 heterocycles. The topological polar surface area (TPSA) is 54.8 Å². The van der Waals surface area contributed by atoms with Crippen molar-refractivity contribution in [3.05, 3.63) is 64.6 Å². The number of aryl methyl sites for hydroxylation is 2. The lowest BCUT2D eigenvalue weighted by molar-refractivity contribution is -0.138. The van der Waals surface area contributed by atoms with Crippen LogP contribution in [0.1, 0.15) is 36.7 Å². The SMILES string of the molecule is CCOC(=O)C1=C(C)N=C2Sc3cc(C)c(C)cc3N2[C@H]1c1ccccn1. The molecule has 0 spiro atoms. The molecule has 6 heteroatoms. The Bertz CT molecular complexity index is 982. The highest BCUT2D eigenvalue weighted by Crippen LogP contribution is 2.50. The van der Waals surface area contributed by atoms with Crippen molar-refractivity contribution in [2.24, 2.45) is 4.99 Å². The van der Waals surface area contributed by atoms with Crippen molar-refractivity contribution in [1.29, 1.82) is 0 Å². The Morgan fingerprint density at radius 2 is 2.00 bits per heavy atom.